The molecular formula is C13H18BrFN2OS. The van der Waals surface area contributed by atoms with Crippen LogP contribution in [0.15, 0.2) is 22.7 Å². The minimum absolute atomic E-state index is 0.284. The Hall–Kier alpha value is -0.720. The van der Waals surface area contributed by atoms with Crippen molar-refractivity contribution in [1.29, 1.82) is 0 Å². The fourth-order valence-electron chi connectivity index (χ4n) is 1.57. The second-order valence-electron chi connectivity index (χ2n) is 4.03. The number of rotatable bonds is 6. The number of halogens is 2. The van der Waals surface area contributed by atoms with E-state index in [-0.39, 0.29) is 5.82 Å². The Balaban J connectivity index is 2.69. The van der Waals surface area contributed by atoms with Crippen molar-refractivity contribution in [3.63, 3.8) is 0 Å². The third-order valence-corrected chi connectivity index (χ3v) is 3.54. The van der Waals surface area contributed by atoms with E-state index in [2.05, 4.69) is 28.2 Å². The molecule has 0 atom stereocenters. The van der Waals surface area contributed by atoms with Gasteiger partial charge in [-0.15, -0.1) is 0 Å². The summed E-state index contributed by atoms with van der Waals surface area (Å²) in [6, 6.07) is 4.46. The molecule has 0 unspecified atom stereocenters. The van der Waals surface area contributed by atoms with Gasteiger partial charge in [-0.25, -0.2) is 4.39 Å². The molecule has 0 spiro atoms. The van der Waals surface area contributed by atoms with E-state index in [4.69, 9.17) is 17.0 Å². The molecule has 1 aromatic rings. The molecule has 0 aromatic heterocycles. The fourth-order valence-corrected chi connectivity index (χ4v) is 2.31. The van der Waals surface area contributed by atoms with Crippen LogP contribution >= 0.6 is 28.1 Å². The van der Waals surface area contributed by atoms with Gasteiger partial charge >= 0.3 is 0 Å². The van der Waals surface area contributed by atoms with Crippen molar-refractivity contribution in [2.75, 3.05) is 32.1 Å². The van der Waals surface area contributed by atoms with Gasteiger partial charge in [-0.1, -0.05) is 6.92 Å². The Labute approximate surface area is 127 Å². The summed E-state index contributed by atoms with van der Waals surface area (Å²) in [6.45, 7) is 4.30. The summed E-state index contributed by atoms with van der Waals surface area (Å²) < 4.78 is 18.7. The Bertz CT molecular complexity index is 431. The van der Waals surface area contributed by atoms with Crippen LogP contribution in [0.1, 0.15) is 13.3 Å². The van der Waals surface area contributed by atoms with E-state index in [1.54, 1.807) is 13.2 Å². The molecule has 0 fully saturated rings. The molecule has 0 radical (unpaired) electrons. The van der Waals surface area contributed by atoms with Crippen LogP contribution < -0.4 is 5.32 Å². The third kappa shape index (κ3) is 5.42. The van der Waals surface area contributed by atoms with E-state index in [9.17, 15) is 4.39 Å². The van der Waals surface area contributed by atoms with Gasteiger partial charge < -0.3 is 15.0 Å². The summed E-state index contributed by atoms with van der Waals surface area (Å²) in [4.78, 5) is 2.04. The molecule has 6 heteroatoms. The molecule has 1 aromatic carbocycles. The lowest BCUT2D eigenvalue weighted by Gasteiger charge is -2.25. The maximum atomic E-state index is 13.0. The zero-order chi connectivity index (χ0) is 14.3. The summed E-state index contributed by atoms with van der Waals surface area (Å²) in [6.07, 6.45) is 0.996. The Morgan fingerprint density at radius 1 is 1.47 bits per heavy atom. The van der Waals surface area contributed by atoms with Crippen molar-refractivity contribution in [1.82, 2.24) is 4.90 Å². The van der Waals surface area contributed by atoms with Crippen molar-refractivity contribution < 1.29 is 9.13 Å². The van der Waals surface area contributed by atoms with Gasteiger partial charge in [-0.2, -0.15) is 0 Å². The predicted octanol–water partition coefficient (Wildman–Crippen LogP) is 3.64. The number of hydrogen-bond donors (Lipinski definition) is 1. The third-order valence-electron chi connectivity index (χ3n) is 2.52. The molecule has 0 saturated heterocycles. The van der Waals surface area contributed by atoms with Gasteiger partial charge in [0.15, 0.2) is 5.11 Å². The molecule has 0 amide bonds. The van der Waals surface area contributed by atoms with Gasteiger partial charge in [0.1, 0.15) is 5.82 Å². The Morgan fingerprint density at radius 3 is 2.79 bits per heavy atom. The highest BCUT2D eigenvalue weighted by molar-refractivity contribution is 9.10. The zero-order valence-corrected chi connectivity index (χ0v) is 13.5. The number of nitrogens with zero attached hydrogens (tertiary/aromatic N) is 1. The molecule has 1 rings (SSSR count). The summed E-state index contributed by atoms with van der Waals surface area (Å²) in [7, 11) is 1.66. The largest absolute Gasteiger partial charge is 0.383 e. The van der Waals surface area contributed by atoms with Crippen LogP contribution in [-0.4, -0.2) is 36.8 Å². The minimum atomic E-state index is -0.284. The van der Waals surface area contributed by atoms with Crippen LogP contribution in [0.25, 0.3) is 0 Å². The molecule has 1 N–H and O–H groups in total. The predicted molar refractivity (Wildman–Crippen MR) is 84.1 cm³/mol. The molecule has 0 heterocycles. The van der Waals surface area contributed by atoms with E-state index < -0.39 is 0 Å². The molecule has 0 bridgehead atoms. The number of benzene rings is 1. The lowest BCUT2D eigenvalue weighted by molar-refractivity contribution is 0.177. The van der Waals surface area contributed by atoms with Crippen LogP contribution in [0.2, 0.25) is 0 Å². The number of anilines is 1. The van der Waals surface area contributed by atoms with Crippen molar-refractivity contribution in [3.05, 3.63) is 28.5 Å². The van der Waals surface area contributed by atoms with Crippen molar-refractivity contribution in [3.8, 4) is 0 Å². The van der Waals surface area contributed by atoms with Crippen LogP contribution in [0.5, 0.6) is 0 Å². The topological polar surface area (TPSA) is 24.5 Å². The molecule has 0 saturated carbocycles. The van der Waals surface area contributed by atoms with Crippen LogP contribution in [0.4, 0.5) is 10.1 Å². The maximum Gasteiger partial charge on any atom is 0.173 e. The van der Waals surface area contributed by atoms with Gasteiger partial charge in [-0.3, -0.25) is 0 Å². The standard InChI is InChI=1S/C13H18BrFN2OS/c1-3-6-17(7-8-18-2)13(19)16-12-5-4-10(15)9-11(12)14/h4-5,9H,3,6-8H2,1-2H3,(H,16,19). The minimum Gasteiger partial charge on any atom is -0.383 e. The van der Waals surface area contributed by atoms with E-state index in [1.165, 1.54) is 12.1 Å². The lowest BCUT2D eigenvalue weighted by atomic mass is 10.3. The summed E-state index contributed by atoms with van der Waals surface area (Å²) in [5.41, 5.74) is 0.755. The normalized spacial score (nSPS) is 10.3. The Morgan fingerprint density at radius 2 is 2.21 bits per heavy atom. The van der Waals surface area contributed by atoms with Gasteiger partial charge in [-0.05, 0) is 52.8 Å². The molecule has 0 aliphatic rings. The highest BCUT2D eigenvalue weighted by atomic mass is 79.9. The Kier molecular flexibility index (Phi) is 7.27. The second-order valence-corrected chi connectivity index (χ2v) is 5.28. The summed E-state index contributed by atoms with van der Waals surface area (Å²) in [5.74, 6) is -0.284. The monoisotopic (exact) mass is 348 g/mol. The van der Waals surface area contributed by atoms with E-state index in [1.807, 2.05) is 4.90 Å². The van der Waals surface area contributed by atoms with Crippen molar-refractivity contribution in [2.24, 2.45) is 0 Å². The van der Waals surface area contributed by atoms with Crippen molar-refractivity contribution in [2.45, 2.75) is 13.3 Å². The first kappa shape index (κ1) is 16.3. The molecule has 106 valence electrons. The summed E-state index contributed by atoms with van der Waals surface area (Å²) >= 11 is 8.68. The van der Waals surface area contributed by atoms with E-state index >= 15 is 0 Å². The second kappa shape index (κ2) is 8.45. The average molecular weight is 349 g/mol. The molecular weight excluding hydrogens is 331 g/mol. The first-order valence-electron chi connectivity index (χ1n) is 6.08. The van der Waals surface area contributed by atoms with Crippen LogP contribution in [-0.2, 0) is 4.74 Å². The molecule has 19 heavy (non-hydrogen) atoms. The highest BCUT2D eigenvalue weighted by Crippen LogP contribution is 2.23. The first-order chi connectivity index (χ1) is 9.08. The number of nitrogens with one attached hydrogen (secondary N) is 1. The lowest BCUT2D eigenvalue weighted by Crippen LogP contribution is -2.37. The van der Waals surface area contributed by atoms with Gasteiger partial charge in [0, 0.05) is 24.7 Å². The number of hydrogen-bond acceptors (Lipinski definition) is 2. The van der Waals surface area contributed by atoms with Gasteiger partial charge in [0.05, 0.1) is 12.3 Å². The SMILES string of the molecule is CCCN(CCOC)C(=S)Nc1ccc(F)cc1Br. The number of ether oxygens (including phenoxy) is 1. The number of methoxy groups -OCH3 is 1. The maximum absolute atomic E-state index is 13.0. The van der Waals surface area contributed by atoms with Crippen LogP contribution in [0.3, 0.4) is 0 Å². The average Bonchev–Trinajstić information content (AvgIpc) is 2.37. The smallest absolute Gasteiger partial charge is 0.173 e. The van der Waals surface area contributed by atoms with E-state index in [0.717, 1.165) is 25.2 Å². The summed E-state index contributed by atoms with van der Waals surface area (Å²) in [5, 5.41) is 3.74. The number of thiocarbonyl (C=S) groups is 1. The molecule has 0 aliphatic heterocycles. The highest BCUT2D eigenvalue weighted by Gasteiger charge is 2.10. The van der Waals surface area contributed by atoms with Crippen molar-refractivity contribution >= 4 is 38.9 Å². The first-order valence-corrected chi connectivity index (χ1v) is 7.28. The molecule has 0 aliphatic carbocycles. The van der Waals surface area contributed by atoms with Gasteiger partial charge in [0.25, 0.3) is 0 Å². The fraction of sp³-hybridized carbons (Fsp3) is 0.462. The zero-order valence-electron chi connectivity index (χ0n) is 11.1. The quantitative estimate of drug-likeness (QED) is 0.793. The van der Waals surface area contributed by atoms with E-state index in [0.29, 0.717) is 16.2 Å². The molecule has 3 nitrogen and oxygen atoms in total. The van der Waals surface area contributed by atoms with Gasteiger partial charge in [0.2, 0.25) is 0 Å². The van der Waals surface area contributed by atoms with Crippen LogP contribution in [0, 0.1) is 5.82 Å².